The van der Waals surface area contributed by atoms with Crippen LogP contribution in [0.3, 0.4) is 0 Å². The van der Waals surface area contributed by atoms with Crippen molar-refractivity contribution in [3.8, 4) is 0 Å². The molecule has 0 saturated heterocycles. The van der Waals surface area contributed by atoms with Crippen LogP contribution in [-0.4, -0.2) is 34.9 Å². The van der Waals surface area contributed by atoms with E-state index in [9.17, 15) is 8.42 Å². The molecule has 0 bridgehead atoms. The van der Waals surface area contributed by atoms with Crippen LogP contribution in [0.25, 0.3) is 11.0 Å². The normalized spacial score (nSPS) is 13.5. The maximum Gasteiger partial charge on any atom is 0.209 e. The molecule has 9 heteroatoms. The van der Waals surface area contributed by atoms with E-state index in [0.717, 1.165) is 28.0 Å². The molecule has 2 heterocycles. The number of nitrogens with two attached hydrogens (primary N) is 2. The highest BCUT2D eigenvalue weighted by atomic mass is 32.2. The van der Waals surface area contributed by atoms with E-state index >= 15 is 0 Å². The molecule has 0 spiro atoms. The van der Waals surface area contributed by atoms with Crippen LogP contribution in [0.2, 0.25) is 0 Å². The Bertz CT molecular complexity index is 814. The number of hydrogen-bond acceptors (Lipinski definition) is 6. The number of primary sulfonamides is 1. The third-order valence-electron chi connectivity index (χ3n) is 3.87. The first kappa shape index (κ1) is 18.8. The summed E-state index contributed by atoms with van der Waals surface area (Å²) in [6.45, 7) is 6.69. The van der Waals surface area contributed by atoms with Crippen molar-refractivity contribution in [3.63, 3.8) is 0 Å². The molecule has 134 valence electrons. The second kappa shape index (κ2) is 7.56. The van der Waals surface area contributed by atoms with Crippen LogP contribution < -0.4 is 10.9 Å². The number of unbranched alkanes of at least 4 members (excludes halogenated alkanes) is 1. The Balaban J connectivity index is 2.23. The molecule has 1 unspecified atom stereocenters. The summed E-state index contributed by atoms with van der Waals surface area (Å²) in [5.41, 5.74) is 10.2. The second-order valence-electron chi connectivity index (χ2n) is 5.99. The minimum absolute atomic E-state index is 0.00727. The van der Waals surface area contributed by atoms with E-state index in [2.05, 4.69) is 9.97 Å². The van der Waals surface area contributed by atoms with Gasteiger partial charge in [0.1, 0.15) is 11.7 Å². The van der Waals surface area contributed by atoms with E-state index in [-0.39, 0.29) is 12.0 Å². The van der Waals surface area contributed by atoms with Gasteiger partial charge >= 0.3 is 0 Å². The molecule has 0 fully saturated rings. The predicted octanol–water partition coefficient (Wildman–Crippen LogP) is 0.938. The molecule has 0 amide bonds. The van der Waals surface area contributed by atoms with Crippen LogP contribution in [0.5, 0.6) is 0 Å². The Hall–Kier alpha value is -1.55. The fourth-order valence-electron chi connectivity index (χ4n) is 2.56. The largest absolute Gasteiger partial charge is 0.358 e. The smallest absolute Gasteiger partial charge is 0.209 e. The Morgan fingerprint density at radius 3 is 2.67 bits per heavy atom. The van der Waals surface area contributed by atoms with Gasteiger partial charge in [0.05, 0.1) is 29.9 Å². The average Bonchev–Trinajstić information content (AvgIpc) is 2.89. The first-order valence-corrected chi connectivity index (χ1v) is 9.59. The first-order valence-electron chi connectivity index (χ1n) is 7.87. The third kappa shape index (κ3) is 4.73. The van der Waals surface area contributed by atoms with Crippen LogP contribution in [-0.2, 0) is 27.9 Å². The lowest BCUT2D eigenvalue weighted by Gasteiger charge is -2.12. The summed E-state index contributed by atoms with van der Waals surface area (Å²) >= 11 is 0. The zero-order valence-electron chi connectivity index (χ0n) is 14.3. The lowest BCUT2D eigenvalue weighted by atomic mass is 10.1. The van der Waals surface area contributed by atoms with Crippen LogP contribution in [0, 0.1) is 13.8 Å². The van der Waals surface area contributed by atoms with E-state index in [1.54, 1.807) is 13.3 Å². The van der Waals surface area contributed by atoms with Crippen molar-refractivity contribution in [1.29, 1.82) is 0 Å². The Morgan fingerprint density at radius 1 is 1.33 bits per heavy atom. The van der Waals surface area contributed by atoms with Crippen molar-refractivity contribution in [1.82, 2.24) is 14.5 Å². The molecule has 2 aromatic heterocycles. The van der Waals surface area contributed by atoms with Gasteiger partial charge in [0.25, 0.3) is 0 Å². The minimum Gasteiger partial charge on any atom is -0.358 e. The zero-order valence-corrected chi connectivity index (χ0v) is 15.1. The predicted molar refractivity (Wildman–Crippen MR) is 92.6 cm³/mol. The van der Waals surface area contributed by atoms with Gasteiger partial charge in [-0.15, -0.1) is 0 Å². The fraction of sp³-hybridized carbons (Fsp3) is 0.600. The Morgan fingerprint density at radius 2 is 2.04 bits per heavy atom. The molecular formula is C15H25N5O3S. The molecule has 2 aromatic rings. The molecule has 1 atom stereocenters. The van der Waals surface area contributed by atoms with Gasteiger partial charge in [0.15, 0.2) is 0 Å². The van der Waals surface area contributed by atoms with Gasteiger partial charge in [-0.2, -0.15) is 0 Å². The molecular weight excluding hydrogens is 330 g/mol. The van der Waals surface area contributed by atoms with Crippen molar-refractivity contribution in [2.45, 2.75) is 53.0 Å². The van der Waals surface area contributed by atoms with Crippen molar-refractivity contribution in [2.75, 3.05) is 5.75 Å². The molecule has 0 aromatic carbocycles. The third-order valence-corrected chi connectivity index (χ3v) is 4.73. The van der Waals surface area contributed by atoms with Crippen molar-refractivity contribution in [2.24, 2.45) is 10.9 Å². The summed E-state index contributed by atoms with van der Waals surface area (Å²) in [5, 5.41) is 5.03. The molecule has 0 radical (unpaired) electrons. The highest BCUT2D eigenvalue weighted by molar-refractivity contribution is 7.89. The van der Waals surface area contributed by atoms with Gasteiger partial charge in [-0.1, -0.05) is 0 Å². The number of sulfonamides is 1. The van der Waals surface area contributed by atoms with Crippen molar-refractivity contribution in [3.05, 3.63) is 23.3 Å². The Kier molecular flexibility index (Phi) is 5.92. The fourth-order valence-corrected chi connectivity index (χ4v) is 3.17. The molecule has 0 saturated carbocycles. The van der Waals surface area contributed by atoms with Crippen LogP contribution in [0.15, 0.2) is 6.33 Å². The lowest BCUT2D eigenvalue weighted by molar-refractivity contribution is 0.0562. The van der Waals surface area contributed by atoms with E-state index in [4.69, 9.17) is 15.6 Å². The number of imidazole rings is 1. The van der Waals surface area contributed by atoms with E-state index < -0.39 is 10.0 Å². The molecule has 24 heavy (non-hydrogen) atoms. The molecule has 8 nitrogen and oxygen atoms in total. The summed E-state index contributed by atoms with van der Waals surface area (Å²) in [4.78, 5) is 9.03. The highest BCUT2D eigenvalue weighted by Crippen LogP contribution is 2.23. The number of ether oxygens (including phenoxy) is 1. The molecule has 0 aliphatic carbocycles. The van der Waals surface area contributed by atoms with Gasteiger partial charge in [-0.3, -0.25) is 4.98 Å². The molecule has 4 N–H and O–H groups in total. The number of rotatable bonds is 8. The van der Waals surface area contributed by atoms with E-state index in [1.165, 1.54) is 0 Å². The second-order valence-corrected chi connectivity index (χ2v) is 7.73. The monoisotopic (exact) mass is 355 g/mol. The summed E-state index contributed by atoms with van der Waals surface area (Å²) in [6, 6.07) is 0. The zero-order chi connectivity index (χ0) is 17.9. The highest BCUT2D eigenvalue weighted by Gasteiger charge is 2.15. The summed E-state index contributed by atoms with van der Waals surface area (Å²) in [5.74, 6) is -0.00727. The summed E-state index contributed by atoms with van der Waals surface area (Å²) in [7, 11) is -3.41. The Labute approximate surface area is 142 Å². The number of fused-ring (bicyclic) bond motifs is 1. The quantitative estimate of drug-likeness (QED) is 0.536. The maximum atomic E-state index is 11.0. The van der Waals surface area contributed by atoms with Gasteiger partial charge in [0.2, 0.25) is 10.0 Å². The minimum atomic E-state index is -3.41. The molecule has 0 aliphatic heterocycles. The van der Waals surface area contributed by atoms with E-state index in [0.29, 0.717) is 26.0 Å². The number of aryl methyl sites for hydroxylation is 3. The summed E-state index contributed by atoms with van der Waals surface area (Å²) in [6.07, 6.45) is 2.60. The van der Waals surface area contributed by atoms with Crippen LogP contribution in [0.4, 0.5) is 0 Å². The van der Waals surface area contributed by atoms with Gasteiger partial charge in [-0.05, 0) is 39.2 Å². The molecule has 2 rings (SSSR count). The standard InChI is InChI=1S/C15H25N5O3S/c1-10-11(2)19-13(8-23-12(3)16)14-15(10)20(9-18-14)6-4-5-7-24(17,21)22/h9,12H,4-8,16H2,1-3H3,(H2,17,21,22). The number of aromatic nitrogens is 3. The van der Waals surface area contributed by atoms with Gasteiger partial charge in [0, 0.05) is 12.2 Å². The SMILES string of the molecule is Cc1nc(COC(C)N)c2ncn(CCCCS(N)(=O)=O)c2c1C. The summed E-state index contributed by atoms with van der Waals surface area (Å²) < 4.78 is 29.5. The average molecular weight is 355 g/mol. The van der Waals surface area contributed by atoms with Gasteiger partial charge in [-0.25, -0.2) is 18.5 Å². The van der Waals surface area contributed by atoms with Crippen LogP contribution in [0.1, 0.15) is 36.7 Å². The topological polar surface area (TPSA) is 126 Å². The number of pyridine rings is 1. The maximum absolute atomic E-state index is 11.0. The first-order chi connectivity index (χ1) is 11.2. The molecule has 0 aliphatic rings. The number of nitrogens with zero attached hydrogens (tertiary/aromatic N) is 3. The van der Waals surface area contributed by atoms with Gasteiger partial charge < -0.3 is 15.0 Å². The van der Waals surface area contributed by atoms with Crippen LogP contribution >= 0.6 is 0 Å². The van der Waals surface area contributed by atoms with E-state index in [1.807, 2.05) is 18.4 Å². The lowest BCUT2D eigenvalue weighted by Crippen LogP contribution is -2.19. The van der Waals surface area contributed by atoms with Crippen molar-refractivity contribution < 1.29 is 13.2 Å². The van der Waals surface area contributed by atoms with Crippen molar-refractivity contribution >= 4 is 21.1 Å². The number of hydrogen-bond donors (Lipinski definition) is 2.